The maximum absolute atomic E-state index is 7.07. The van der Waals surface area contributed by atoms with E-state index in [-0.39, 0.29) is 5.41 Å². The molecule has 8 aromatic carbocycles. The number of nitrogens with zero attached hydrogens (tertiary/aromatic N) is 1. The van der Waals surface area contributed by atoms with E-state index in [1.165, 1.54) is 44.5 Å². The van der Waals surface area contributed by atoms with Crippen LogP contribution in [0.2, 0.25) is 0 Å². The van der Waals surface area contributed by atoms with Gasteiger partial charge in [-0.15, -0.1) is 0 Å². The highest BCUT2D eigenvalue weighted by Gasteiger charge is 2.36. The fourth-order valence-corrected chi connectivity index (χ4v) is 8.40. The van der Waals surface area contributed by atoms with Gasteiger partial charge in [-0.2, -0.15) is 0 Å². The molecule has 53 heavy (non-hydrogen) atoms. The molecular weight excluding hydrogens is 643 g/mol. The van der Waals surface area contributed by atoms with E-state index in [0.717, 1.165) is 50.1 Å². The molecule has 1 heterocycles. The van der Waals surface area contributed by atoms with Gasteiger partial charge in [-0.05, 0) is 86.5 Å². The molecule has 0 amide bonds. The summed E-state index contributed by atoms with van der Waals surface area (Å²) < 4.78 is 7.07. The molecule has 252 valence electrons. The first kappa shape index (κ1) is 31.1. The molecule has 0 radical (unpaired) electrons. The van der Waals surface area contributed by atoms with E-state index in [1.807, 2.05) is 0 Å². The smallest absolute Gasteiger partial charge is 0.159 e. The van der Waals surface area contributed by atoms with Crippen molar-refractivity contribution >= 4 is 39.0 Å². The first-order valence-electron chi connectivity index (χ1n) is 18.3. The third-order valence-corrected chi connectivity index (χ3v) is 11.1. The lowest BCUT2D eigenvalue weighted by atomic mass is 9.82. The number of furan rings is 1. The normalized spacial score (nSPS) is 12.9. The van der Waals surface area contributed by atoms with Gasteiger partial charge in [0.25, 0.3) is 0 Å². The van der Waals surface area contributed by atoms with Crippen molar-refractivity contribution in [3.05, 3.63) is 199 Å². The molecule has 1 aliphatic carbocycles. The lowest BCUT2D eigenvalue weighted by molar-refractivity contribution is 0.660. The van der Waals surface area contributed by atoms with E-state index >= 15 is 0 Å². The van der Waals surface area contributed by atoms with Crippen LogP contribution in [0.15, 0.2) is 192 Å². The van der Waals surface area contributed by atoms with Gasteiger partial charge in [0, 0.05) is 33.1 Å². The molecule has 0 aliphatic heterocycles. The van der Waals surface area contributed by atoms with Crippen LogP contribution in [-0.2, 0) is 5.41 Å². The van der Waals surface area contributed by atoms with Crippen molar-refractivity contribution in [2.75, 3.05) is 4.90 Å². The Labute approximate surface area is 310 Å². The molecule has 0 saturated carbocycles. The van der Waals surface area contributed by atoms with Crippen LogP contribution in [0.5, 0.6) is 0 Å². The highest BCUT2D eigenvalue weighted by molar-refractivity contribution is 6.13. The maximum atomic E-state index is 7.07. The average Bonchev–Trinajstić information content (AvgIpc) is 3.72. The number of hydrogen-bond acceptors (Lipinski definition) is 2. The fraction of sp³-hybridized carbons (Fsp3) is 0.0588. The second-order valence-corrected chi connectivity index (χ2v) is 14.5. The number of para-hydroxylation sites is 2. The van der Waals surface area contributed by atoms with Crippen LogP contribution in [0.3, 0.4) is 0 Å². The summed E-state index contributed by atoms with van der Waals surface area (Å²) in [6, 6.07) is 67.6. The summed E-state index contributed by atoms with van der Waals surface area (Å²) in [5.41, 5.74) is 17.1. The molecule has 0 spiro atoms. The van der Waals surface area contributed by atoms with E-state index < -0.39 is 0 Å². The van der Waals surface area contributed by atoms with Crippen molar-refractivity contribution in [3.63, 3.8) is 0 Å². The van der Waals surface area contributed by atoms with Crippen molar-refractivity contribution in [2.24, 2.45) is 0 Å². The van der Waals surface area contributed by atoms with Crippen LogP contribution in [0.1, 0.15) is 25.0 Å². The van der Waals surface area contributed by atoms with Gasteiger partial charge < -0.3 is 9.32 Å². The molecule has 2 nitrogen and oxygen atoms in total. The molecule has 0 saturated heterocycles. The number of anilines is 3. The predicted molar refractivity (Wildman–Crippen MR) is 222 cm³/mol. The minimum Gasteiger partial charge on any atom is -0.453 e. The Morgan fingerprint density at radius 2 is 0.925 bits per heavy atom. The molecule has 9 aromatic rings. The summed E-state index contributed by atoms with van der Waals surface area (Å²) in [7, 11) is 0. The summed E-state index contributed by atoms with van der Waals surface area (Å²) >= 11 is 0. The lowest BCUT2D eigenvalue weighted by Crippen LogP contribution is -2.16. The van der Waals surface area contributed by atoms with Gasteiger partial charge in [0.15, 0.2) is 5.58 Å². The number of fused-ring (bicyclic) bond motifs is 6. The molecule has 0 N–H and O–H groups in total. The Balaban J connectivity index is 1.16. The van der Waals surface area contributed by atoms with Crippen LogP contribution < -0.4 is 4.90 Å². The van der Waals surface area contributed by atoms with E-state index in [4.69, 9.17) is 4.42 Å². The monoisotopic (exact) mass is 679 g/mol. The van der Waals surface area contributed by atoms with Gasteiger partial charge in [-0.1, -0.05) is 166 Å². The zero-order chi connectivity index (χ0) is 35.5. The molecule has 0 unspecified atom stereocenters. The van der Waals surface area contributed by atoms with Crippen LogP contribution >= 0.6 is 0 Å². The lowest BCUT2D eigenvalue weighted by Gasteiger charge is -2.28. The molecule has 0 atom stereocenters. The van der Waals surface area contributed by atoms with Crippen LogP contribution in [-0.4, -0.2) is 0 Å². The third-order valence-electron chi connectivity index (χ3n) is 11.1. The third kappa shape index (κ3) is 5.10. The Bertz CT molecular complexity index is 2790. The number of benzene rings is 8. The summed E-state index contributed by atoms with van der Waals surface area (Å²) in [4.78, 5) is 2.37. The van der Waals surface area contributed by atoms with Crippen molar-refractivity contribution in [1.82, 2.24) is 0 Å². The van der Waals surface area contributed by atoms with Crippen molar-refractivity contribution in [1.29, 1.82) is 0 Å². The van der Waals surface area contributed by atoms with Crippen LogP contribution in [0, 0.1) is 0 Å². The Morgan fingerprint density at radius 3 is 1.70 bits per heavy atom. The highest BCUT2D eigenvalue weighted by atomic mass is 16.3. The van der Waals surface area contributed by atoms with Gasteiger partial charge in [-0.3, -0.25) is 0 Å². The standard InChI is InChI=1S/C51H37NO/c1-51(2)46-24-10-9-20-42(46)43-31-30-40(33-47(43)51)52(39-28-26-36(27-29-39)34-14-5-3-6-15-34)48-25-13-23-45-44-22-12-21-41(49(44)53-50(45)48)38-19-11-18-37(32-38)35-16-7-4-8-17-35/h3-33H,1-2H3. The van der Waals surface area contributed by atoms with Crippen molar-refractivity contribution in [2.45, 2.75) is 19.3 Å². The first-order valence-corrected chi connectivity index (χ1v) is 18.3. The second-order valence-electron chi connectivity index (χ2n) is 14.5. The van der Waals surface area contributed by atoms with E-state index in [2.05, 4.69) is 207 Å². The van der Waals surface area contributed by atoms with Crippen LogP contribution in [0.25, 0.3) is 66.4 Å². The molecule has 1 aliphatic rings. The van der Waals surface area contributed by atoms with Gasteiger partial charge in [-0.25, -0.2) is 0 Å². The van der Waals surface area contributed by atoms with E-state index in [9.17, 15) is 0 Å². The largest absolute Gasteiger partial charge is 0.453 e. The van der Waals surface area contributed by atoms with Crippen molar-refractivity contribution in [3.8, 4) is 44.5 Å². The Morgan fingerprint density at radius 1 is 0.377 bits per heavy atom. The van der Waals surface area contributed by atoms with Crippen LogP contribution in [0.4, 0.5) is 17.1 Å². The molecule has 1 aromatic heterocycles. The number of rotatable bonds is 6. The average molecular weight is 680 g/mol. The molecule has 10 rings (SSSR count). The fourth-order valence-electron chi connectivity index (χ4n) is 8.40. The summed E-state index contributed by atoms with van der Waals surface area (Å²) in [5, 5.41) is 2.20. The topological polar surface area (TPSA) is 16.4 Å². The van der Waals surface area contributed by atoms with E-state index in [1.54, 1.807) is 0 Å². The summed E-state index contributed by atoms with van der Waals surface area (Å²) in [5.74, 6) is 0. The summed E-state index contributed by atoms with van der Waals surface area (Å²) in [6.07, 6.45) is 0. The number of hydrogen-bond donors (Lipinski definition) is 0. The Hall–Kier alpha value is -6.64. The zero-order valence-corrected chi connectivity index (χ0v) is 29.8. The highest BCUT2D eigenvalue weighted by Crippen LogP contribution is 2.51. The Kier molecular flexibility index (Phi) is 7.19. The van der Waals surface area contributed by atoms with Gasteiger partial charge in [0.05, 0.1) is 5.69 Å². The minimum atomic E-state index is -0.126. The molecule has 2 heteroatoms. The minimum absolute atomic E-state index is 0.126. The zero-order valence-electron chi connectivity index (χ0n) is 29.8. The van der Waals surface area contributed by atoms with Gasteiger partial charge >= 0.3 is 0 Å². The first-order chi connectivity index (χ1) is 26.0. The molecule has 0 bridgehead atoms. The molecule has 0 fully saturated rings. The second kappa shape index (κ2) is 12.3. The predicted octanol–water partition coefficient (Wildman–Crippen LogP) is 14.4. The van der Waals surface area contributed by atoms with E-state index in [0.29, 0.717) is 0 Å². The summed E-state index contributed by atoms with van der Waals surface area (Å²) in [6.45, 7) is 4.68. The quantitative estimate of drug-likeness (QED) is 0.174. The van der Waals surface area contributed by atoms with Gasteiger partial charge in [0.1, 0.15) is 5.58 Å². The molecular formula is C51H37NO. The van der Waals surface area contributed by atoms with Crippen molar-refractivity contribution < 1.29 is 4.42 Å². The maximum Gasteiger partial charge on any atom is 0.159 e. The van der Waals surface area contributed by atoms with Gasteiger partial charge in [0.2, 0.25) is 0 Å². The SMILES string of the molecule is CC1(C)c2ccccc2-c2ccc(N(c3ccc(-c4ccccc4)cc3)c3cccc4c3oc3c(-c5cccc(-c6ccccc6)c5)cccc34)cc21.